The van der Waals surface area contributed by atoms with Crippen LogP contribution in [0.25, 0.3) is 0 Å². The summed E-state index contributed by atoms with van der Waals surface area (Å²) in [6.45, 7) is 2.68. The molecular weight excluding hydrogens is 284 g/mol. The number of carboxylic acids is 1. The van der Waals surface area contributed by atoms with Crippen molar-refractivity contribution in [2.45, 2.75) is 25.8 Å². The van der Waals surface area contributed by atoms with Crippen LogP contribution in [0.4, 0.5) is 0 Å². The SMILES string of the molecule is CC(CS(C)(=O)=O)NCC(=O)N1CCC(C(=O)O)CC1. The predicted molar refractivity (Wildman–Crippen MR) is 74.1 cm³/mol. The van der Waals surface area contributed by atoms with Crippen LogP contribution in [0.1, 0.15) is 19.8 Å². The number of carbonyl (C=O) groups is 2. The molecule has 2 N–H and O–H groups in total. The van der Waals surface area contributed by atoms with Gasteiger partial charge in [-0.2, -0.15) is 0 Å². The minimum absolute atomic E-state index is 0.0125. The van der Waals surface area contributed by atoms with E-state index in [1.165, 1.54) is 0 Å². The van der Waals surface area contributed by atoms with E-state index >= 15 is 0 Å². The molecule has 20 heavy (non-hydrogen) atoms. The lowest BCUT2D eigenvalue weighted by Crippen LogP contribution is -2.46. The first-order chi connectivity index (χ1) is 9.19. The van der Waals surface area contributed by atoms with Gasteiger partial charge in [0.25, 0.3) is 0 Å². The highest BCUT2D eigenvalue weighted by Gasteiger charge is 2.26. The van der Waals surface area contributed by atoms with E-state index in [1.54, 1.807) is 11.8 Å². The van der Waals surface area contributed by atoms with Crippen molar-refractivity contribution in [3.63, 3.8) is 0 Å². The maximum Gasteiger partial charge on any atom is 0.306 e. The van der Waals surface area contributed by atoms with E-state index in [4.69, 9.17) is 5.11 Å². The molecule has 1 saturated heterocycles. The van der Waals surface area contributed by atoms with Gasteiger partial charge in [-0.1, -0.05) is 0 Å². The van der Waals surface area contributed by atoms with Crippen molar-refractivity contribution in [2.24, 2.45) is 5.92 Å². The quantitative estimate of drug-likeness (QED) is 0.674. The molecule has 1 heterocycles. The van der Waals surface area contributed by atoms with Crippen LogP contribution in [0.15, 0.2) is 0 Å². The Morgan fingerprint density at radius 3 is 2.35 bits per heavy atom. The number of rotatable bonds is 6. The molecule has 0 aliphatic carbocycles. The van der Waals surface area contributed by atoms with E-state index < -0.39 is 15.8 Å². The van der Waals surface area contributed by atoms with Gasteiger partial charge in [0, 0.05) is 25.4 Å². The summed E-state index contributed by atoms with van der Waals surface area (Å²) in [5.41, 5.74) is 0. The van der Waals surface area contributed by atoms with Gasteiger partial charge in [-0.3, -0.25) is 9.59 Å². The molecule has 1 unspecified atom stereocenters. The number of nitrogens with zero attached hydrogens (tertiary/aromatic N) is 1. The van der Waals surface area contributed by atoms with Crippen LogP contribution in [0.3, 0.4) is 0 Å². The molecule has 116 valence electrons. The molecule has 0 aromatic rings. The van der Waals surface area contributed by atoms with E-state index in [9.17, 15) is 18.0 Å². The Balaban J connectivity index is 2.32. The van der Waals surface area contributed by atoms with E-state index in [-0.39, 0.29) is 30.2 Å². The topological polar surface area (TPSA) is 104 Å². The largest absolute Gasteiger partial charge is 0.481 e. The van der Waals surface area contributed by atoms with Crippen LogP contribution in [0.2, 0.25) is 0 Å². The highest BCUT2D eigenvalue weighted by molar-refractivity contribution is 7.90. The first-order valence-corrected chi connectivity index (χ1v) is 8.67. The van der Waals surface area contributed by atoms with Crippen molar-refractivity contribution in [1.82, 2.24) is 10.2 Å². The lowest BCUT2D eigenvalue weighted by atomic mass is 9.97. The van der Waals surface area contributed by atoms with Crippen LogP contribution < -0.4 is 5.32 Å². The molecule has 1 fully saturated rings. The Morgan fingerprint density at radius 2 is 1.90 bits per heavy atom. The zero-order valence-electron chi connectivity index (χ0n) is 11.8. The minimum Gasteiger partial charge on any atom is -0.481 e. The second-order valence-electron chi connectivity index (χ2n) is 5.37. The molecular formula is C12H22N2O5S. The first-order valence-electron chi connectivity index (χ1n) is 6.60. The molecule has 8 heteroatoms. The Hall–Kier alpha value is -1.15. The second-order valence-corrected chi connectivity index (χ2v) is 7.55. The lowest BCUT2D eigenvalue weighted by molar-refractivity contribution is -0.145. The molecule has 1 aliphatic rings. The molecule has 1 amide bonds. The third-order valence-electron chi connectivity index (χ3n) is 3.35. The highest BCUT2D eigenvalue weighted by atomic mass is 32.2. The Morgan fingerprint density at radius 1 is 1.35 bits per heavy atom. The molecule has 0 radical (unpaired) electrons. The third-order valence-corrected chi connectivity index (χ3v) is 4.46. The summed E-state index contributed by atoms with van der Waals surface area (Å²) in [7, 11) is -3.07. The zero-order valence-corrected chi connectivity index (χ0v) is 12.6. The van der Waals surface area contributed by atoms with Crippen LogP contribution in [-0.4, -0.2) is 68.0 Å². The van der Waals surface area contributed by atoms with Gasteiger partial charge in [-0.05, 0) is 19.8 Å². The first kappa shape index (κ1) is 16.9. The maximum atomic E-state index is 11.9. The molecule has 7 nitrogen and oxygen atoms in total. The number of carboxylic acid groups (broad SMARTS) is 1. The van der Waals surface area contributed by atoms with Crippen molar-refractivity contribution in [3.8, 4) is 0 Å². The van der Waals surface area contributed by atoms with Crippen LogP contribution in [0, 0.1) is 5.92 Å². The summed E-state index contributed by atoms with van der Waals surface area (Å²) < 4.78 is 22.2. The average molecular weight is 306 g/mol. The van der Waals surface area contributed by atoms with Crippen LogP contribution >= 0.6 is 0 Å². The molecule has 0 spiro atoms. The number of hydrogen-bond donors (Lipinski definition) is 2. The molecule has 1 rings (SSSR count). The van der Waals surface area contributed by atoms with Gasteiger partial charge in [-0.15, -0.1) is 0 Å². The van der Waals surface area contributed by atoms with E-state index in [1.807, 2.05) is 0 Å². The number of hydrogen-bond acceptors (Lipinski definition) is 5. The fourth-order valence-electron chi connectivity index (χ4n) is 2.26. The van der Waals surface area contributed by atoms with E-state index in [2.05, 4.69) is 5.32 Å². The highest BCUT2D eigenvalue weighted by Crippen LogP contribution is 2.17. The predicted octanol–water partition coefficient (Wildman–Crippen LogP) is -0.668. The van der Waals surface area contributed by atoms with Crippen molar-refractivity contribution >= 4 is 21.7 Å². The second kappa shape index (κ2) is 7.03. The van der Waals surface area contributed by atoms with Crippen molar-refractivity contribution in [1.29, 1.82) is 0 Å². The molecule has 0 aromatic heterocycles. The molecule has 0 bridgehead atoms. The summed E-state index contributed by atoms with van der Waals surface area (Å²) in [5, 5.41) is 11.8. The van der Waals surface area contributed by atoms with Gasteiger partial charge < -0.3 is 15.3 Å². The smallest absolute Gasteiger partial charge is 0.306 e. The summed E-state index contributed by atoms with van der Waals surface area (Å²) in [6.07, 6.45) is 2.10. The van der Waals surface area contributed by atoms with Crippen molar-refractivity contribution in [2.75, 3.05) is 31.6 Å². The number of amides is 1. The van der Waals surface area contributed by atoms with Crippen molar-refractivity contribution in [3.05, 3.63) is 0 Å². The van der Waals surface area contributed by atoms with Crippen LogP contribution in [-0.2, 0) is 19.4 Å². The summed E-state index contributed by atoms with van der Waals surface area (Å²) in [4.78, 5) is 24.3. The fraction of sp³-hybridized carbons (Fsp3) is 0.833. The number of sulfone groups is 1. The number of nitrogens with one attached hydrogen (secondary N) is 1. The van der Waals surface area contributed by atoms with Gasteiger partial charge in [0.1, 0.15) is 9.84 Å². The lowest BCUT2D eigenvalue weighted by Gasteiger charge is -2.30. The number of carbonyl (C=O) groups excluding carboxylic acids is 1. The van der Waals surface area contributed by atoms with Gasteiger partial charge >= 0.3 is 5.97 Å². The van der Waals surface area contributed by atoms with E-state index in [0.717, 1.165) is 6.26 Å². The molecule has 1 aliphatic heterocycles. The maximum absolute atomic E-state index is 11.9. The minimum atomic E-state index is -3.07. The Kier molecular flexibility index (Phi) is 5.94. The zero-order chi connectivity index (χ0) is 15.3. The van der Waals surface area contributed by atoms with E-state index in [0.29, 0.717) is 25.9 Å². The van der Waals surface area contributed by atoms with Crippen LogP contribution in [0.5, 0.6) is 0 Å². The van der Waals surface area contributed by atoms with Gasteiger partial charge in [0.15, 0.2) is 0 Å². The number of likely N-dealkylation sites (tertiary alicyclic amines) is 1. The standard InChI is InChI=1S/C12H22N2O5S/c1-9(8-20(2,18)19)13-7-11(15)14-5-3-10(4-6-14)12(16)17/h9-10,13H,3-8H2,1-2H3,(H,16,17). The summed E-state index contributed by atoms with van der Waals surface area (Å²) in [6, 6.07) is -0.287. The number of piperidine rings is 1. The molecule has 0 saturated carbocycles. The Labute approximate surface area is 119 Å². The molecule has 1 atom stereocenters. The third kappa shape index (κ3) is 5.87. The summed E-state index contributed by atoms with van der Waals surface area (Å²) >= 11 is 0. The number of aliphatic carboxylic acids is 1. The summed E-state index contributed by atoms with van der Waals surface area (Å²) in [5.74, 6) is -1.30. The normalized spacial score (nSPS) is 18.8. The van der Waals surface area contributed by atoms with Gasteiger partial charge in [0.05, 0.1) is 18.2 Å². The van der Waals surface area contributed by atoms with Gasteiger partial charge in [-0.25, -0.2) is 8.42 Å². The monoisotopic (exact) mass is 306 g/mol. The fourth-order valence-corrected chi connectivity index (χ4v) is 3.29. The molecule has 0 aromatic carbocycles. The Bertz CT molecular complexity index is 454. The van der Waals surface area contributed by atoms with Gasteiger partial charge in [0.2, 0.25) is 5.91 Å². The average Bonchev–Trinajstić information content (AvgIpc) is 2.34. The van der Waals surface area contributed by atoms with Crippen molar-refractivity contribution < 1.29 is 23.1 Å².